The van der Waals surface area contributed by atoms with Crippen molar-refractivity contribution in [3.63, 3.8) is 0 Å². The zero-order valence-corrected chi connectivity index (χ0v) is 19.0. The van der Waals surface area contributed by atoms with Crippen LogP contribution in [0.4, 0.5) is 9.18 Å². The van der Waals surface area contributed by atoms with Crippen LogP contribution in [-0.2, 0) is 4.74 Å². The van der Waals surface area contributed by atoms with Gasteiger partial charge in [0.05, 0.1) is 0 Å². The van der Waals surface area contributed by atoms with Crippen LogP contribution in [0.15, 0.2) is 75.7 Å². The van der Waals surface area contributed by atoms with Crippen molar-refractivity contribution in [2.24, 2.45) is 0 Å². The predicted octanol–water partition coefficient (Wildman–Crippen LogP) is 6.90. The Morgan fingerprint density at radius 1 is 1.00 bits per heavy atom. The number of hydrogen-bond donors (Lipinski definition) is 1. The van der Waals surface area contributed by atoms with Gasteiger partial charge in [0.1, 0.15) is 12.4 Å². The summed E-state index contributed by atoms with van der Waals surface area (Å²) in [7, 11) is 0. The molecule has 0 aliphatic heterocycles. The van der Waals surface area contributed by atoms with E-state index in [1.807, 2.05) is 24.3 Å². The number of fused-ring (bicyclic) bond motifs is 3. The second-order valence-corrected chi connectivity index (χ2v) is 8.60. The highest BCUT2D eigenvalue weighted by atomic mass is 79.9. The number of rotatable bonds is 5. The smallest absolute Gasteiger partial charge is 0.407 e. The molecule has 3 aromatic carbocycles. The fraction of sp³-hybridized carbons (Fsp3) is 0.125. The van der Waals surface area contributed by atoms with Crippen molar-refractivity contribution in [1.82, 2.24) is 5.32 Å². The lowest BCUT2D eigenvalue weighted by molar-refractivity contribution is 0.144. The molecule has 0 bridgehead atoms. The quantitative estimate of drug-likeness (QED) is 0.389. The Morgan fingerprint density at radius 3 is 2.17 bits per heavy atom. The van der Waals surface area contributed by atoms with Gasteiger partial charge in [0, 0.05) is 27.0 Å². The molecule has 1 N–H and O–H groups in total. The third kappa shape index (κ3) is 4.35. The SMILES string of the molecule is O=C(NCC=Cc1c(Br)cc(F)cc1Br)OCC1c2ccccc2-c2ccccc21. The molecule has 1 aliphatic rings. The average molecular weight is 531 g/mol. The molecule has 0 atom stereocenters. The molecule has 4 rings (SSSR count). The van der Waals surface area contributed by atoms with Gasteiger partial charge in [-0.1, -0.05) is 92.5 Å². The van der Waals surface area contributed by atoms with Gasteiger partial charge in [0.15, 0.2) is 0 Å². The van der Waals surface area contributed by atoms with E-state index in [0.29, 0.717) is 15.5 Å². The second-order valence-electron chi connectivity index (χ2n) is 6.89. The first-order valence-electron chi connectivity index (χ1n) is 9.44. The van der Waals surface area contributed by atoms with Gasteiger partial charge < -0.3 is 10.1 Å². The Balaban J connectivity index is 1.35. The molecule has 0 aromatic heterocycles. The Kier molecular flexibility index (Phi) is 6.35. The third-order valence-electron chi connectivity index (χ3n) is 5.04. The van der Waals surface area contributed by atoms with Crippen LogP contribution in [0, 0.1) is 5.82 Å². The van der Waals surface area contributed by atoms with Gasteiger partial charge in [-0.25, -0.2) is 9.18 Å². The summed E-state index contributed by atoms with van der Waals surface area (Å²) in [6, 6.07) is 19.2. The third-order valence-corrected chi connectivity index (χ3v) is 6.35. The van der Waals surface area contributed by atoms with Crippen LogP contribution in [0.25, 0.3) is 17.2 Å². The normalized spacial score (nSPS) is 12.6. The molecular formula is C24H18Br2FNO2. The van der Waals surface area contributed by atoms with E-state index in [1.165, 1.54) is 34.4 Å². The first-order chi connectivity index (χ1) is 14.5. The van der Waals surface area contributed by atoms with Crippen LogP contribution in [0.2, 0.25) is 0 Å². The fourth-order valence-electron chi connectivity index (χ4n) is 3.68. The van der Waals surface area contributed by atoms with Gasteiger partial charge in [0.2, 0.25) is 0 Å². The van der Waals surface area contributed by atoms with E-state index in [1.54, 1.807) is 12.2 Å². The van der Waals surface area contributed by atoms with Crippen LogP contribution in [0.3, 0.4) is 0 Å². The lowest BCUT2D eigenvalue weighted by atomic mass is 9.98. The molecular weight excluding hydrogens is 513 g/mol. The van der Waals surface area contributed by atoms with Gasteiger partial charge in [-0.05, 0) is 34.4 Å². The summed E-state index contributed by atoms with van der Waals surface area (Å²) >= 11 is 6.67. The Labute approximate surface area is 191 Å². The minimum atomic E-state index is -0.473. The van der Waals surface area contributed by atoms with E-state index >= 15 is 0 Å². The minimum absolute atomic E-state index is 0.0322. The minimum Gasteiger partial charge on any atom is -0.449 e. The summed E-state index contributed by atoms with van der Waals surface area (Å²) in [6.07, 6.45) is 3.11. The number of amides is 1. The summed E-state index contributed by atoms with van der Waals surface area (Å²) in [6.45, 7) is 0.575. The number of alkyl carbamates (subject to hydrolysis) is 1. The van der Waals surface area contributed by atoms with Crippen molar-refractivity contribution < 1.29 is 13.9 Å². The van der Waals surface area contributed by atoms with Crippen molar-refractivity contribution >= 4 is 44.0 Å². The maximum Gasteiger partial charge on any atom is 0.407 e. The Hall–Kier alpha value is -2.44. The highest BCUT2D eigenvalue weighted by molar-refractivity contribution is 9.11. The summed E-state index contributed by atoms with van der Waals surface area (Å²) in [5.74, 6) is -0.299. The largest absolute Gasteiger partial charge is 0.449 e. The number of benzene rings is 3. The molecule has 1 aliphatic carbocycles. The predicted molar refractivity (Wildman–Crippen MR) is 124 cm³/mol. The molecule has 152 valence electrons. The summed E-state index contributed by atoms with van der Waals surface area (Å²) in [5, 5.41) is 2.72. The molecule has 0 fully saturated rings. The fourth-order valence-corrected chi connectivity index (χ4v) is 5.08. The van der Waals surface area contributed by atoms with Gasteiger partial charge in [0.25, 0.3) is 0 Å². The second kappa shape index (κ2) is 9.14. The molecule has 3 nitrogen and oxygen atoms in total. The van der Waals surface area contributed by atoms with E-state index < -0.39 is 6.09 Å². The van der Waals surface area contributed by atoms with Crippen molar-refractivity contribution in [3.8, 4) is 11.1 Å². The molecule has 3 aromatic rings. The van der Waals surface area contributed by atoms with Crippen molar-refractivity contribution in [1.29, 1.82) is 0 Å². The molecule has 0 saturated carbocycles. The number of halogens is 3. The van der Waals surface area contributed by atoms with E-state index in [2.05, 4.69) is 61.4 Å². The number of ether oxygens (including phenoxy) is 1. The van der Waals surface area contributed by atoms with E-state index in [4.69, 9.17) is 4.74 Å². The van der Waals surface area contributed by atoms with Gasteiger partial charge in [-0.2, -0.15) is 0 Å². The Morgan fingerprint density at radius 2 is 1.57 bits per heavy atom. The number of carbonyl (C=O) groups is 1. The van der Waals surface area contributed by atoms with Crippen LogP contribution in [0.5, 0.6) is 0 Å². The maximum atomic E-state index is 13.3. The van der Waals surface area contributed by atoms with Crippen molar-refractivity contribution in [2.45, 2.75) is 5.92 Å². The van der Waals surface area contributed by atoms with Crippen LogP contribution < -0.4 is 5.32 Å². The first kappa shape index (κ1) is 20.8. The zero-order valence-electron chi connectivity index (χ0n) is 15.9. The van der Waals surface area contributed by atoms with Crippen molar-refractivity contribution in [2.75, 3.05) is 13.2 Å². The number of nitrogens with one attached hydrogen (secondary N) is 1. The average Bonchev–Trinajstić information content (AvgIpc) is 3.05. The van der Waals surface area contributed by atoms with Gasteiger partial charge in [-0.3, -0.25) is 0 Å². The molecule has 0 unspecified atom stereocenters. The molecule has 30 heavy (non-hydrogen) atoms. The van der Waals surface area contributed by atoms with Crippen LogP contribution >= 0.6 is 31.9 Å². The molecule has 0 heterocycles. The lowest BCUT2D eigenvalue weighted by Gasteiger charge is -2.14. The molecule has 6 heteroatoms. The summed E-state index contributed by atoms with van der Waals surface area (Å²) < 4.78 is 20.1. The van der Waals surface area contributed by atoms with E-state index in [9.17, 15) is 9.18 Å². The molecule has 0 radical (unpaired) electrons. The van der Waals surface area contributed by atoms with Gasteiger partial charge >= 0.3 is 6.09 Å². The molecule has 0 saturated heterocycles. The van der Waals surface area contributed by atoms with Crippen LogP contribution in [0.1, 0.15) is 22.6 Å². The molecule has 1 amide bonds. The van der Waals surface area contributed by atoms with Crippen LogP contribution in [-0.4, -0.2) is 19.2 Å². The lowest BCUT2D eigenvalue weighted by Crippen LogP contribution is -2.26. The highest BCUT2D eigenvalue weighted by Crippen LogP contribution is 2.44. The monoisotopic (exact) mass is 529 g/mol. The Bertz CT molecular complexity index is 1060. The summed E-state index contributed by atoms with van der Waals surface area (Å²) in [5.41, 5.74) is 5.54. The molecule has 0 spiro atoms. The first-order valence-corrected chi connectivity index (χ1v) is 11.0. The standard InChI is InChI=1S/C24H18Br2FNO2/c25-22-12-15(27)13-23(26)20(22)10-5-11-28-24(29)30-14-21-18-8-3-1-6-16(18)17-7-2-4-9-19(17)21/h1-10,12-13,21H,11,14H2,(H,28,29). The topological polar surface area (TPSA) is 38.3 Å². The number of carbonyl (C=O) groups excluding carboxylic acids is 1. The van der Waals surface area contributed by atoms with E-state index in [-0.39, 0.29) is 18.3 Å². The zero-order chi connectivity index (χ0) is 21.1. The van der Waals surface area contributed by atoms with E-state index in [0.717, 1.165) is 5.56 Å². The summed E-state index contributed by atoms with van der Waals surface area (Å²) in [4.78, 5) is 12.2. The number of hydrogen-bond acceptors (Lipinski definition) is 2. The maximum absolute atomic E-state index is 13.3. The van der Waals surface area contributed by atoms with Gasteiger partial charge in [-0.15, -0.1) is 0 Å². The van der Waals surface area contributed by atoms with Crippen molar-refractivity contribution in [3.05, 3.63) is 98.2 Å². The highest BCUT2D eigenvalue weighted by Gasteiger charge is 2.28.